The lowest BCUT2D eigenvalue weighted by atomic mass is 9.78. The second kappa shape index (κ2) is 10.0. The van der Waals surface area contributed by atoms with Crippen LogP contribution in [0.1, 0.15) is 61.8 Å². The summed E-state index contributed by atoms with van der Waals surface area (Å²) in [4.78, 5) is 22.3. The van der Waals surface area contributed by atoms with Crippen LogP contribution in [0, 0.1) is 28.5 Å². The largest absolute Gasteiger partial charge is 0.472 e. The molecule has 2 aliphatic carbocycles. The van der Waals surface area contributed by atoms with Gasteiger partial charge in [-0.2, -0.15) is 18.4 Å². The van der Waals surface area contributed by atoms with Crippen molar-refractivity contribution < 1.29 is 27.1 Å². The third kappa shape index (κ3) is 4.83. The van der Waals surface area contributed by atoms with E-state index < -0.39 is 22.8 Å². The summed E-state index contributed by atoms with van der Waals surface area (Å²) in [5.41, 5.74) is -1.11. The number of rotatable bonds is 4. The number of amides is 1. The highest BCUT2D eigenvalue weighted by molar-refractivity contribution is 5.84. The fraction of sp³-hybridized carbons (Fsp3) is 0.567. The van der Waals surface area contributed by atoms with Crippen LogP contribution in [-0.4, -0.2) is 52.0 Å². The van der Waals surface area contributed by atoms with Gasteiger partial charge in [-0.1, -0.05) is 6.42 Å². The van der Waals surface area contributed by atoms with Gasteiger partial charge in [0.2, 0.25) is 5.91 Å². The number of pyridine rings is 1. The van der Waals surface area contributed by atoms with E-state index in [0.717, 1.165) is 44.4 Å². The Morgan fingerprint density at radius 3 is 2.58 bits per heavy atom. The molecule has 1 amide bonds. The molecule has 0 bridgehead atoms. The van der Waals surface area contributed by atoms with E-state index in [1.54, 1.807) is 4.90 Å². The van der Waals surface area contributed by atoms with Gasteiger partial charge in [0.05, 0.1) is 11.0 Å². The number of carbonyl (C=O) groups excluding carboxylic acids is 1. The van der Waals surface area contributed by atoms with Gasteiger partial charge in [0.1, 0.15) is 17.6 Å². The molecule has 3 fully saturated rings. The van der Waals surface area contributed by atoms with E-state index in [1.165, 1.54) is 24.3 Å². The molecule has 0 unspecified atom stereocenters. The van der Waals surface area contributed by atoms with Gasteiger partial charge in [-0.25, -0.2) is 4.39 Å². The third-order valence-corrected chi connectivity index (χ3v) is 9.65. The predicted molar refractivity (Wildman–Crippen MR) is 137 cm³/mol. The number of fused-ring (bicyclic) bond motifs is 2. The maximum Gasteiger partial charge on any atom is 0.417 e. The molecule has 40 heavy (non-hydrogen) atoms. The molecule has 0 spiro atoms. The van der Waals surface area contributed by atoms with Crippen LogP contribution < -0.4 is 4.74 Å². The van der Waals surface area contributed by atoms with E-state index in [4.69, 9.17) is 4.74 Å². The average Bonchev–Trinajstić information content (AvgIpc) is 3.52. The van der Waals surface area contributed by atoms with E-state index in [1.807, 2.05) is 0 Å². The van der Waals surface area contributed by atoms with Gasteiger partial charge in [0.25, 0.3) is 0 Å². The first-order chi connectivity index (χ1) is 19.1. The molecule has 3 atom stereocenters. The smallest absolute Gasteiger partial charge is 0.417 e. The highest BCUT2D eigenvalue weighted by Crippen LogP contribution is 2.57. The summed E-state index contributed by atoms with van der Waals surface area (Å²) in [6, 6.07) is 9.40. The molecule has 2 saturated carbocycles. The lowest BCUT2D eigenvalue weighted by molar-refractivity contribution is -0.144. The van der Waals surface area contributed by atoms with Gasteiger partial charge < -0.3 is 9.64 Å². The average molecular weight is 557 g/mol. The van der Waals surface area contributed by atoms with Crippen LogP contribution in [0.15, 0.2) is 36.5 Å². The van der Waals surface area contributed by atoms with Crippen molar-refractivity contribution >= 4 is 5.91 Å². The molecule has 3 heterocycles. The standard InChI is InChI=1S/C30H32F4N4O2/c31-23-3-5-25(6-4-23)40-28(19-35)9-12-37(13-10-28)24-15-21-2-1-8-29(21,16-24)27(39)38-11-7-26-20(18-38)14-22(17-36-26)30(32,33)34/h3-6,14,17,21,24H,1-2,7-13,15-16,18H2/t21-,24-,29-/m1/s1. The van der Waals surface area contributed by atoms with E-state index >= 15 is 0 Å². The molecule has 0 radical (unpaired) electrons. The number of piperidine rings is 1. The molecule has 4 aliphatic rings. The Kier molecular flexibility index (Phi) is 6.76. The quantitative estimate of drug-likeness (QED) is 0.465. The first-order valence-corrected chi connectivity index (χ1v) is 14.1. The van der Waals surface area contributed by atoms with Crippen molar-refractivity contribution in [3.8, 4) is 11.8 Å². The Balaban J connectivity index is 1.13. The fourth-order valence-electron chi connectivity index (χ4n) is 7.52. The zero-order valence-corrected chi connectivity index (χ0v) is 22.2. The van der Waals surface area contributed by atoms with Gasteiger partial charge in [-0.05, 0) is 67.5 Å². The number of alkyl halides is 3. The van der Waals surface area contributed by atoms with E-state index in [-0.39, 0.29) is 30.2 Å². The topological polar surface area (TPSA) is 69.5 Å². The summed E-state index contributed by atoms with van der Waals surface area (Å²) in [6.45, 7) is 1.97. The summed E-state index contributed by atoms with van der Waals surface area (Å²) < 4.78 is 59.2. The van der Waals surface area contributed by atoms with Crippen molar-refractivity contribution in [2.45, 2.75) is 75.7 Å². The molecule has 212 valence electrons. The summed E-state index contributed by atoms with van der Waals surface area (Å²) in [5, 5.41) is 9.95. The van der Waals surface area contributed by atoms with Gasteiger partial charge in [-0.3, -0.25) is 14.7 Å². The number of hydrogen-bond acceptors (Lipinski definition) is 5. The molecule has 2 aromatic rings. The van der Waals surface area contributed by atoms with E-state index in [0.29, 0.717) is 55.9 Å². The Labute approximate surface area is 230 Å². The van der Waals surface area contributed by atoms with Crippen LogP contribution in [0.3, 0.4) is 0 Å². The molecular formula is C30H32F4N4O2. The second-order valence-electron chi connectivity index (χ2n) is 11.8. The molecular weight excluding hydrogens is 524 g/mol. The molecule has 6 rings (SSSR count). The predicted octanol–water partition coefficient (Wildman–Crippen LogP) is 5.51. The van der Waals surface area contributed by atoms with Crippen molar-refractivity contribution in [3.05, 3.63) is 59.2 Å². The second-order valence-corrected chi connectivity index (χ2v) is 11.8. The fourth-order valence-corrected chi connectivity index (χ4v) is 7.52. The lowest BCUT2D eigenvalue weighted by Crippen LogP contribution is -2.50. The molecule has 2 aliphatic heterocycles. The maximum absolute atomic E-state index is 14.1. The van der Waals surface area contributed by atoms with Crippen LogP contribution in [0.2, 0.25) is 0 Å². The third-order valence-electron chi connectivity index (χ3n) is 9.65. The molecule has 10 heteroatoms. The first-order valence-electron chi connectivity index (χ1n) is 14.1. The number of nitriles is 1. The highest BCUT2D eigenvalue weighted by Gasteiger charge is 2.57. The summed E-state index contributed by atoms with van der Waals surface area (Å²) in [5.74, 6) is 0.435. The normalized spacial score (nSPS) is 28.0. The van der Waals surface area contributed by atoms with Gasteiger partial charge >= 0.3 is 6.18 Å². The lowest BCUT2D eigenvalue weighted by Gasteiger charge is -2.41. The van der Waals surface area contributed by atoms with Crippen molar-refractivity contribution in [1.29, 1.82) is 5.26 Å². The van der Waals surface area contributed by atoms with Crippen LogP contribution in [0.4, 0.5) is 17.6 Å². The van der Waals surface area contributed by atoms with Crippen LogP contribution in [0.5, 0.6) is 5.75 Å². The van der Waals surface area contributed by atoms with Gasteiger partial charge in [-0.15, -0.1) is 0 Å². The molecule has 1 aromatic heterocycles. The number of halogens is 4. The van der Waals surface area contributed by atoms with Crippen molar-refractivity contribution in [2.24, 2.45) is 11.3 Å². The van der Waals surface area contributed by atoms with Crippen molar-refractivity contribution in [1.82, 2.24) is 14.8 Å². The first kappa shape index (κ1) is 27.0. The van der Waals surface area contributed by atoms with E-state index in [2.05, 4.69) is 16.0 Å². The van der Waals surface area contributed by atoms with Gasteiger partial charge in [0.15, 0.2) is 5.60 Å². The number of nitrogens with zero attached hydrogens (tertiary/aromatic N) is 4. The molecule has 1 aromatic carbocycles. The molecule has 6 nitrogen and oxygen atoms in total. The van der Waals surface area contributed by atoms with Crippen molar-refractivity contribution in [3.63, 3.8) is 0 Å². The Bertz CT molecular complexity index is 1320. The van der Waals surface area contributed by atoms with Crippen LogP contribution in [-0.2, 0) is 23.9 Å². The number of benzene rings is 1. The minimum atomic E-state index is -4.47. The monoisotopic (exact) mass is 556 g/mol. The highest BCUT2D eigenvalue weighted by atomic mass is 19.4. The number of ether oxygens (including phenoxy) is 1. The number of aromatic nitrogens is 1. The van der Waals surface area contributed by atoms with E-state index in [9.17, 15) is 27.6 Å². The van der Waals surface area contributed by atoms with Crippen LogP contribution in [0.25, 0.3) is 0 Å². The minimum Gasteiger partial charge on any atom is -0.472 e. The number of carbonyl (C=O) groups is 1. The summed E-state index contributed by atoms with van der Waals surface area (Å²) in [6.07, 6.45) is 2.32. The number of likely N-dealkylation sites (tertiary alicyclic amines) is 1. The van der Waals surface area contributed by atoms with Crippen LogP contribution >= 0.6 is 0 Å². The van der Waals surface area contributed by atoms with Crippen molar-refractivity contribution in [2.75, 3.05) is 19.6 Å². The minimum absolute atomic E-state index is 0.0728. The zero-order chi connectivity index (χ0) is 28.1. The number of hydrogen-bond donors (Lipinski definition) is 0. The summed E-state index contributed by atoms with van der Waals surface area (Å²) >= 11 is 0. The summed E-state index contributed by atoms with van der Waals surface area (Å²) in [7, 11) is 0. The zero-order valence-electron chi connectivity index (χ0n) is 22.2. The Morgan fingerprint density at radius 2 is 1.88 bits per heavy atom. The maximum atomic E-state index is 14.1. The molecule has 0 N–H and O–H groups in total. The molecule has 1 saturated heterocycles. The Morgan fingerprint density at radius 1 is 1.12 bits per heavy atom. The SMILES string of the molecule is N#CC1(Oc2ccc(F)cc2)CCN([C@@H]2C[C@H]3CCC[C@@]3(C(=O)N3CCc4ncc(C(F)(F)F)cc4C3)C2)CC1. The Hall–Kier alpha value is -3.19. The van der Waals surface area contributed by atoms with Gasteiger partial charge in [0, 0.05) is 63.4 Å².